The zero-order valence-electron chi connectivity index (χ0n) is 16.1. The Bertz CT molecular complexity index is 908. The highest BCUT2D eigenvalue weighted by Gasteiger charge is 2.21. The van der Waals surface area contributed by atoms with Gasteiger partial charge in [0.05, 0.1) is 11.3 Å². The van der Waals surface area contributed by atoms with Crippen LogP contribution >= 0.6 is 0 Å². The Morgan fingerprint density at radius 1 is 1.11 bits per heavy atom. The van der Waals surface area contributed by atoms with Crippen molar-refractivity contribution in [1.29, 1.82) is 5.26 Å². The summed E-state index contributed by atoms with van der Waals surface area (Å²) in [6.07, 6.45) is 5.42. The van der Waals surface area contributed by atoms with E-state index in [0.717, 1.165) is 36.9 Å². The predicted octanol–water partition coefficient (Wildman–Crippen LogP) is 4.89. The molecule has 0 spiro atoms. The van der Waals surface area contributed by atoms with Gasteiger partial charge >= 0.3 is 0 Å². The highest BCUT2D eigenvalue weighted by atomic mass is 16.2. The largest absolute Gasteiger partial charge is 0.380 e. The van der Waals surface area contributed by atoms with Gasteiger partial charge in [-0.15, -0.1) is 0 Å². The number of nitrogens with one attached hydrogen (secondary N) is 2. The van der Waals surface area contributed by atoms with Crippen LogP contribution in [0.5, 0.6) is 0 Å². The smallest absolute Gasteiger partial charge is 0.227 e. The second-order valence-electron chi connectivity index (χ2n) is 7.31. The first-order chi connectivity index (χ1) is 13.6. The van der Waals surface area contributed by atoms with Crippen LogP contribution in [0.15, 0.2) is 42.5 Å². The summed E-state index contributed by atoms with van der Waals surface area (Å²) < 4.78 is 0. The molecule has 0 bridgehead atoms. The highest BCUT2D eigenvalue weighted by molar-refractivity contribution is 5.95. The Balaban J connectivity index is 1.66. The fourth-order valence-corrected chi connectivity index (χ4v) is 3.57. The molecule has 0 atom stereocenters. The van der Waals surface area contributed by atoms with Gasteiger partial charge in [-0.3, -0.25) is 9.59 Å². The lowest BCUT2D eigenvalue weighted by Crippen LogP contribution is -2.24. The first-order valence-corrected chi connectivity index (χ1v) is 9.75. The molecule has 3 rings (SSSR count). The van der Waals surface area contributed by atoms with Crippen LogP contribution < -0.4 is 10.6 Å². The summed E-state index contributed by atoms with van der Waals surface area (Å²) in [5.41, 5.74) is 3.46. The van der Waals surface area contributed by atoms with E-state index in [1.165, 1.54) is 13.3 Å². The number of Topliss-reactive ketones (excluding diaryl/α,β-unsaturated/α-hetero) is 1. The second kappa shape index (κ2) is 9.18. The molecule has 2 N–H and O–H groups in total. The fraction of sp³-hybridized carbons (Fsp3) is 0.348. The number of anilines is 2. The minimum atomic E-state index is -0.0417. The average Bonchev–Trinajstić information content (AvgIpc) is 2.73. The van der Waals surface area contributed by atoms with E-state index in [4.69, 9.17) is 0 Å². The molecule has 1 aliphatic rings. The Kier molecular flexibility index (Phi) is 6.44. The molecule has 28 heavy (non-hydrogen) atoms. The average molecular weight is 375 g/mol. The lowest BCUT2D eigenvalue weighted by Gasteiger charge is -2.21. The van der Waals surface area contributed by atoms with Crippen LogP contribution in [0.3, 0.4) is 0 Å². The zero-order chi connectivity index (χ0) is 19.9. The maximum Gasteiger partial charge on any atom is 0.227 e. The van der Waals surface area contributed by atoms with Crippen molar-refractivity contribution in [2.75, 3.05) is 10.6 Å². The van der Waals surface area contributed by atoms with Crippen molar-refractivity contribution in [3.8, 4) is 6.07 Å². The highest BCUT2D eigenvalue weighted by Crippen LogP contribution is 2.25. The monoisotopic (exact) mass is 375 g/mol. The molecule has 144 valence electrons. The molecule has 1 fully saturated rings. The molecule has 0 saturated heterocycles. The SMILES string of the molecule is CC(=O)c1ccc(C#N)c(NCc2cccc(NC(=O)C3CCCCC3)c2)c1. The lowest BCUT2D eigenvalue weighted by atomic mass is 9.88. The summed E-state index contributed by atoms with van der Waals surface area (Å²) >= 11 is 0. The van der Waals surface area contributed by atoms with Gasteiger partial charge in [0.25, 0.3) is 0 Å². The molecule has 0 heterocycles. The van der Waals surface area contributed by atoms with Gasteiger partial charge in [0.2, 0.25) is 5.91 Å². The Morgan fingerprint density at radius 2 is 1.89 bits per heavy atom. The maximum absolute atomic E-state index is 12.4. The van der Waals surface area contributed by atoms with Crippen molar-refractivity contribution < 1.29 is 9.59 Å². The maximum atomic E-state index is 12.4. The van der Waals surface area contributed by atoms with Crippen molar-refractivity contribution in [2.24, 2.45) is 5.92 Å². The molecule has 1 amide bonds. The van der Waals surface area contributed by atoms with Gasteiger partial charge in [-0.2, -0.15) is 5.26 Å². The van der Waals surface area contributed by atoms with Gasteiger partial charge in [-0.25, -0.2) is 0 Å². The van der Waals surface area contributed by atoms with Crippen molar-refractivity contribution in [3.05, 3.63) is 59.2 Å². The molecule has 5 nitrogen and oxygen atoms in total. The summed E-state index contributed by atoms with van der Waals surface area (Å²) in [4.78, 5) is 24.0. The van der Waals surface area contributed by atoms with Gasteiger partial charge in [0.15, 0.2) is 5.78 Å². The van der Waals surface area contributed by atoms with Crippen molar-refractivity contribution in [1.82, 2.24) is 0 Å². The van der Waals surface area contributed by atoms with Crippen LogP contribution in [0, 0.1) is 17.2 Å². The van der Waals surface area contributed by atoms with Crippen LogP contribution in [0.25, 0.3) is 0 Å². The van der Waals surface area contributed by atoms with Crippen LogP contribution in [-0.2, 0) is 11.3 Å². The van der Waals surface area contributed by atoms with E-state index in [-0.39, 0.29) is 17.6 Å². The standard InChI is InChI=1S/C23H25N3O2/c1-16(27)19-10-11-20(14-24)22(13-19)25-15-17-6-5-9-21(12-17)26-23(28)18-7-3-2-4-8-18/h5-6,9-13,18,25H,2-4,7-8,15H2,1H3,(H,26,28). The van der Waals surface area contributed by atoms with E-state index in [9.17, 15) is 14.9 Å². The lowest BCUT2D eigenvalue weighted by molar-refractivity contribution is -0.120. The molecule has 0 aliphatic heterocycles. The summed E-state index contributed by atoms with van der Waals surface area (Å²) in [5.74, 6) is 0.175. The first-order valence-electron chi connectivity index (χ1n) is 9.75. The molecule has 1 saturated carbocycles. The minimum Gasteiger partial charge on any atom is -0.380 e. The summed E-state index contributed by atoms with van der Waals surface area (Å²) in [6.45, 7) is 1.99. The number of benzene rings is 2. The van der Waals surface area contributed by atoms with E-state index in [1.54, 1.807) is 18.2 Å². The molecular formula is C23H25N3O2. The van der Waals surface area contributed by atoms with E-state index in [0.29, 0.717) is 23.4 Å². The Morgan fingerprint density at radius 3 is 2.61 bits per heavy atom. The van der Waals surface area contributed by atoms with E-state index in [2.05, 4.69) is 16.7 Å². The molecule has 0 unspecified atom stereocenters. The topological polar surface area (TPSA) is 82.0 Å². The number of rotatable bonds is 6. The second-order valence-corrected chi connectivity index (χ2v) is 7.31. The summed E-state index contributed by atoms with van der Waals surface area (Å²) in [6, 6.07) is 14.9. The molecule has 1 aliphatic carbocycles. The van der Waals surface area contributed by atoms with E-state index in [1.807, 2.05) is 24.3 Å². The van der Waals surface area contributed by atoms with E-state index < -0.39 is 0 Å². The van der Waals surface area contributed by atoms with Gasteiger partial charge in [0.1, 0.15) is 6.07 Å². The van der Waals surface area contributed by atoms with Crippen LogP contribution in [0.1, 0.15) is 60.5 Å². The molecular weight excluding hydrogens is 350 g/mol. The minimum absolute atomic E-state index is 0.0417. The zero-order valence-corrected chi connectivity index (χ0v) is 16.1. The molecule has 0 radical (unpaired) electrons. The third kappa shape index (κ3) is 4.98. The van der Waals surface area contributed by atoms with Gasteiger partial charge in [0, 0.05) is 23.7 Å². The normalized spacial score (nSPS) is 14.1. The first kappa shape index (κ1) is 19.6. The summed E-state index contributed by atoms with van der Waals surface area (Å²) in [5, 5.41) is 15.6. The van der Waals surface area contributed by atoms with Crippen molar-refractivity contribution in [3.63, 3.8) is 0 Å². The van der Waals surface area contributed by atoms with Gasteiger partial charge < -0.3 is 10.6 Å². The molecule has 0 aromatic heterocycles. The third-order valence-corrected chi connectivity index (χ3v) is 5.20. The number of nitriles is 1. The van der Waals surface area contributed by atoms with E-state index >= 15 is 0 Å². The predicted molar refractivity (Wildman–Crippen MR) is 110 cm³/mol. The Hall–Kier alpha value is -3.13. The van der Waals surface area contributed by atoms with Crippen LogP contribution in [0.4, 0.5) is 11.4 Å². The molecule has 2 aromatic carbocycles. The van der Waals surface area contributed by atoms with Gasteiger partial charge in [-0.05, 0) is 55.7 Å². The van der Waals surface area contributed by atoms with Gasteiger partial charge in [-0.1, -0.05) is 31.4 Å². The summed E-state index contributed by atoms with van der Waals surface area (Å²) in [7, 11) is 0. The van der Waals surface area contributed by atoms with Crippen LogP contribution in [-0.4, -0.2) is 11.7 Å². The van der Waals surface area contributed by atoms with Crippen molar-refractivity contribution >= 4 is 23.1 Å². The fourth-order valence-electron chi connectivity index (χ4n) is 3.57. The number of carbonyl (C=O) groups excluding carboxylic acids is 2. The van der Waals surface area contributed by atoms with Crippen LogP contribution in [0.2, 0.25) is 0 Å². The number of nitrogens with zero attached hydrogens (tertiary/aromatic N) is 1. The molecule has 5 heteroatoms. The number of carbonyl (C=O) groups is 2. The Labute approximate surface area is 165 Å². The molecule has 2 aromatic rings. The quantitative estimate of drug-likeness (QED) is 0.704. The third-order valence-electron chi connectivity index (χ3n) is 5.20. The number of ketones is 1. The van der Waals surface area contributed by atoms with Crippen molar-refractivity contribution in [2.45, 2.75) is 45.6 Å². The number of hydrogen-bond acceptors (Lipinski definition) is 4. The number of amides is 1. The number of hydrogen-bond donors (Lipinski definition) is 2.